The number of carbonyl (C=O) groups excluding carboxylic acids is 1. The van der Waals surface area contributed by atoms with E-state index in [1.54, 1.807) is 12.1 Å². The number of aromatic nitrogens is 4. The van der Waals surface area contributed by atoms with E-state index >= 15 is 0 Å². The van der Waals surface area contributed by atoms with Crippen LogP contribution in [0.4, 0.5) is 5.69 Å². The lowest BCUT2D eigenvalue weighted by atomic mass is 10.1. The lowest BCUT2D eigenvalue weighted by molar-refractivity contribution is -0.384. The number of aromatic amines is 2. The molecule has 2 heterocycles. The van der Waals surface area contributed by atoms with Crippen molar-refractivity contribution in [3.8, 4) is 0 Å². The summed E-state index contributed by atoms with van der Waals surface area (Å²) >= 11 is 0. The number of Topliss-reactive ketones (excluding diaryl/α,β-unsaturated/α-hetero) is 1. The van der Waals surface area contributed by atoms with E-state index in [1.165, 1.54) is 24.5 Å². The third-order valence-corrected chi connectivity index (χ3v) is 4.17. The standard InChI is InChI=1S/C17H11N5O5/c23-15(9-1-3-13-14(5-9)20-17(25)19-13)7-21-8-18-12-4-2-10(22(26)27)6-11(12)16(21)24/h1-6,8H,7H2,(H2,19,20,25). The van der Waals surface area contributed by atoms with Gasteiger partial charge in [-0.1, -0.05) is 0 Å². The van der Waals surface area contributed by atoms with Gasteiger partial charge in [-0.2, -0.15) is 0 Å². The number of hydrogen-bond acceptors (Lipinski definition) is 6. The highest BCUT2D eigenvalue weighted by Crippen LogP contribution is 2.16. The number of carbonyl (C=O) groups is 1. The summed E-state index contributed by atoms with van der Waals surface area (Å²) in [5.74, 6) is -0.368. The molecule has 0 radical (unpaired) electrons. The average molecular weight is 365 g/mol. The molecule has 0 unspecified atom stereocenters. The predicted octanol–water partition coefficient (Wildman–Crippen LogP) is 1.36. The van der Waals surface area contributed by atoms with Crippen LogP contribution in [0, 0.1) is 10.1 Å². The summed E-state index contributed by atoms with van der Waals surface area (Å²) in [5, 5.41) is 11.0. The maximum absolute atomic E-state index is 12.6. The van der Waals surface area contributed by atoms with Crippen LogP contribution in [0.2, 0.25) is 0 Å². The van der Waals surface area contributed by atoms with E-state index in [1.807, 2.05) is 0 Å². The summed E-state index contributed by atoms with van der Waals surface area (Å²) in [5.41, 5.74) is 0.495. The number of rotatable bonds is 4. The first-order valence-electron chi connectivity index (χ1n) is 7.81. The molecule has 10 heteroatoms. The van der Waals surface area contributed by atoms with Gasteiger partial charge in [0.1, 0.15) is 0 Å². The second-order valence-corrected chi connectivity index (χ2v) is 5.90. The molecule has 2 N–H and O–H groups in total. The third-order valence-electron chi connectivity index (χ3n) is 4.17. The lowest BCUT2D eigenvalue weighted by Gasteiger charge is -2.06. The van der Waals surface area contributed by atoms with Crippen molar-refractivity contribution in [2.24, 2.45) is 0 Å². The normalized spacial score (nSPS) is 11.1. The van der Waals surface area contributed by atoms with E-state index in [-0.39, 0.29) is 29.1 Å². The van der Waals surface area contributed by atoms with Crippen LogP contribution in [0.1, 0.15) is 10.4 Å². The Morgan fingerprint density at radius 3 is 2.67 bits per heavy atom. The maximum atomic E-state index is 12.6. The minimum absolute atomic E-state index is 0.0601. The number of benzene rings is 2. The Morgan fingerprint density at radius 1 is 1.11 bits per heavy atom. The van der Waals surface area contributed by atoms with Gasteiger partial charge in [0.2, 0.25) is 0 Å². The quantitative estimate of drug-likeness (QED) is 0.317. The Labute approximate surface area is 149 Å². The van der Waals surface area contributed by atoms with Crippen LogP contribution in [0.5, 0.6) is 0 Å². The van der Waals surface area contributed by atoms with Crippen LogP contribution in [-0.4, -0.2) is 30.2 Å². The second kappa shape index (κ2) is 6.02. The Balaban J connectivity index is 1.72. The minimum atomic E-state index is -0.603. The maximum Gasteiger partial charge on any atom is 0.323 e. The van der Waals surface area contributed by atoms with E-state index < -0.39 is 10.5 Å². The van der Waals surface area contributed by atoms with Gasteiger partial charge >= 0.3 is 5.69 Å². The van der Waals surface area contributed by atoms with Crippen molar-refractivity contribution in [2.75, 3.05) is 0 Å². The fourth-order valence-corrected chi connectivity index (χ4v) is 2.83. The molecule has 0 fully saturated rings. The summed E-state index contributed by atoms with van der Waals surface area (Å²) in [6, 6.07) is 8.43. The van der Waals surface area contributed by atoms with Crippen molar-refractivity contribution in [2.45, 2.75) is 6.54 Å². The molecule has 0 amide bonds. The topological polar surface area (TPSA) is 144 Å². The Bertz CT molecular complexity index is 1350. The Morgan fingerprint density at radius 2 is 1.89 bits per heavy atom. The van der Waals surface area contributed by atoms with Crippen molar-refractivity contribution in [3.63, 3.8) is 0 Å². The molecule has 0 aliphatic rings. The van der Waals surface area contributed by atoms with Gasteiger partial charge in [0, 0.05) is 17.7 Å². The number of non-ortho nitro benzene ring substituents is 1. The van der Waals surface area contributed by atoms with Crippen molar-refractivity contribution in [3.05, 3.63) is 79.2 Å². The van der Waals surface area contributed by atoms with Gasteiger partial charge in [0.25, 0.3) is 11.2 Å². The van der Waals surface area contributed by atoms with Crippen molar-refractivity contribution < 1.29 is 9.72 Å². The Hall–Kier alpha value is -4.08. The van der Waals surface area contributed by atoms with Crippen LogP contribution in [0.15, 0.2) is 52.3 Å². The fourth-order valence-electron chi connectivity index (χ4n) is 2.83. The number of ketones is 1. The molecule has 0 spiro atoms. The molecule has 4 rings (SSSR count). The van der Waals surface area contributed by atoms with Crippen LogP contribution in [-0.2, 0) is 6.54 Å². The number of nitro benzene ring substituents is 1. The molecule has 0 atom stereocenters. The van der Waals surface area contributed by atoms with Gasteiger partial charge in [-0.15, -0.1) is 0 Å². The molecule has 2 aromatic heterocycles. The number of nitro groups is 1. The summed E-state index contributed by atoms with van der Waals surface area (Å²) in [6.45, 7) is -0.287. The first-order chi connectivity index (χ1) is 12.9. The molecule has 0 bridgehead atoms. The number of H-pyrrole nitrogens is 2. The first kappa shape index (κ1) is 16.4. The molecule has 0 saturated heterocycles. The highest BCUT2D eigenvalue weighted by molar-refractivity contribution is 5.98. The molecule has 0 aliphatic carbocycles. The summed E-state index contributed by atoms with van der Waals surface area (Å²) < 4.78 is 1.10. The predicted molar refractivity (Wildman–Crippen MR) is 95.9 cm³/mol. The molecule has 2 aromatic carbocycles. The summed E-state index contributed by atoms with van der Waals surface area (Å²) in [6.07, 6.45) is 1.23. The van der Waals surface area contributed by atoms with Gasteiger partial charge < -0.3 is 9.97 Å². The zero-order valence-electron chi connectivity index (χ0n) is 13.6. The van der Waals surface area contributed by atoms with Gasteiger partial charge in [-0.3, -0.25) is 24.3 Å². The molecular weight excluding hydrogens is 354 g/mol. The van der Waals surface area contributed by atoms with Crippen LogP contribution in [0.3, 0.4) is 0 Å². The Kier molecular flexibility index (Phi) is 3.65. The fraction of sp³-hybridized carbons (Fsp3) is 0.0588. The summed E-state index contributed by atoms with van der Waals surface area (Å²) in [4.78, 5) is 55.9. The molecule has 134 valence electrons. The lowest BCUT2D eigenvalue weighted by Crippen LogP contribution is -2.24. The number of nitrogens with zero attached hydrogens (tertiary/aromatic N) is 3. The van der Waals surface area contributed by atoms with E-state index in [2.05, 4.69) is 15.0 Å². The molecule has 0 aliphatic heterocycles. The second-order valence-electron chi connectivity index (χ2n) is 5.90. The number of imidazole rings is 1. The molecular formula is C17H11N5O5. The van der Waals surface area contributed by atoms with Crippen LogP contribution >= 0.6 is 0 Å². The van der Waals surface area contributed by atoms with E-state index in [0.29, 0.717) is 22.1 Å². The highest BCUT2D eigenvalue weighted by atomic mass is 16.6. The zero-order valence-corrected chi connectivity index (χ0v) is 13.6. The number of hydrogen-bond donors (Lipinski definition) is 2. The third kappa shape index (κ3) is 2.88. The van der Waals surface area contributed by atoms with E-state index in [0.717, 1.165) is 10.6 Å². The minimum Gasteiger partial charge on any atom is -0.306 e. The largest absolute Gasteiger partial charge is 0.323 e. The number of fused-ring (bicyclic) bond motifs is 2. The van der Waals surface area contributed by atoms with Gasteiger partial charge in [-0.05, 0) is 24.3 Å². The SMILES string of the molecule is O=C(Cn1cnc2ccc([N+](=O)[O-])cc2c1=O)c1ccc2[nH]c(=O)[nH]c2c1. The monoisotopic (exact) mass is 365 g/mol. The molecule has 4 aromatic rings. The van der Waals surface area contributed by atoms with Crippen LogP contribution < -0.4 is 11.2 Å². The average Bonchev–Trinajstić information content (AvgIpc) is 3.02. The van der Waals surface area contributed by atoms with Crippen LogP contribution in [0.25, 0.3) is 21.9 Å². The van der Waals surface area contributed by atoms with E-state index in [9.17, 15) is 24.5 Å². The molecule has 27 heavy (non-hydrogen) atoms. The van der Waals surface area contributed by atoms with Crippen molar-refractivity contribution >= 4 is 33.4 Å². The number of nitrogens with one attached hydrogen (secondary N) is 2. The van der Waals surface area contributed by atoms with Gasteiger partial charge in [0.05, 0.1) is 39.7 Å². The van der Waals surface area contributed by atoms with Gasteiger partial charge in [0.15, 0.2) is 5.78 Å². The molecule has 0 saturated carbocycles. The smallest absolute Gasteiger partial charge is 0.306 e. The van der Waals surface area contributed by atoms with Gasteiger partial charge in [-0.25, -0.2) is 9.78 Å². The van der Waals surface area contributed by atoms with Crippen molar-refractivity contribution in [1.29, 1.82) is 0 Å². The van der Waals surface area contributed by atoms with Crippen molar-refractivity contribution in [1.82, 2.24) is 19.5 Å². The first-order valence-corrected chi connectivity index (χ1v) is 7.81. The summed E-state index contributed by atoms with van der Waals surface area (Å²) in [7, 11) is 0. The zero-order chi connectivity index (χ0) is 19.1. The highest BCUT2D eigenvalue weighted by Gasteiger charge is 2.14. The molecule has 10 nitrogen and oxygen atoms in total. The van der Waals surface area contributed by atoms with E-state index in [4.69, 9.17) is 0 Å².